The molecule has 1 N–H and O–H groups in total. The Labute approximate surface area is 171 Å². The topological polar surface area (TPSA) is 74.8 Å². The highest BCUT2D eigenvalue weighted by molar-refractivity contribution is 5.87. The van der Waals surface area contributed by atoms with Gasteiger partial charge < -0.3 is 19.9 Å². The lowest BCUT2D eigenvalue weighted by Crippen LogP contribution is -2.54. The number of pyridine rings is 1. The Morgan fingerprint density at radius 1 is 1.14 bits per heavy atom. The van der Waals surface area contributed by atoms with Gasteiger partial charge in [-0.2, -0.15) is 0 Å². The molecule has 1 aromatic heterocycles. The number of hydrogen-bond acceptors (Lipinski definition) is 5. The average molecular weight is 396 g/mol. The Morgan fingerprint density at radius 3 is 2.62 bits per heavy atom. The van der Waals surface area contributed by atoms with E-state index in [0.717, 1.165) is 30.2 Å². The number of anilines is 1. The minimum Gasteiger partial charge on any atom is -0.497 e. The molecule has 1 saturated heterocycles. The summed E-state index contributed by atoms with van der Waals surface area (Å²) >= 11 is 0. The summed E-state index contributed by atoms with van der Waals surface area (Å²) in [6, 6.07) is 13.0. The van der Waals surface area contributed by atoms with E-state index < -0.39 is 6.04 Å². The summed E-state index contributed by atoms with van der Waals surface area (Å²) in [4.78, 5) is 33.3. The molecule has 0 saturated carbocycles. The Bertz CT molecular complexity index is 820. The molecule has 1 fully saturated rings. The molecular weight excluding hydrogens is 368 g/mol. The van der Waals surface area contributed by atoms with E-state index in [1.165, 1.54) is 0 Å². The minimum absolute atomic E-state index is 0.0413. The van der Waals surface area contributed by atoms with Crippen LogP contribution in [0.25, 0.3) is 0 Å². The van der Waals surface area contributed by atoms with Crippen LogP contribution in [0.15, 0.2) is 48.7 Å². The third kappa shape index (κ3) is 5.70. The highest BCUT2D eigenvalue weighted by atomic mass is 16.5. The first-order chi connectivity index (χ1) is 14.1. The Kier molecular flexibility index (Phi) is 7.05. The SMILES string of the molecule is COc1cccc(CCC(=O)N[C@@H](C)C(=O)N2CCN(c3ccccn3)CC2)c1. The average Bonchev–Trinajstić information content (AvgIpc) is 2.78. The van der Waals surface area contributed by atoms with E-state index in [2.05, 4.69) is 15.2 Å². The maximum absolute atomic E-state index is 12.7. The molecule has 1 atom stereocenters. The highest BCUT2D eigenvalue weighted by Crippen LogP contribution is 2.15. The number of carbonyl (C=O) groups excluding carboxylic acids is 2. The van der Waals surface area contributed by atoms with Crippen LogP contribution in [-0.4, -0.2) is 61.0 Å². The lowest BCUT2D eigenvalue weighted by atomic mass is 10.1. The number of piperazine rings is 1. The highest BCUT2D eigenvalue weighted by Gasteiger charge is 2.26. The van der Waals surface area contributed by atoms with Crippen molar-refractivity contribution < 1.29 is 14.3 Å². The number of amides is 2. The molecule has 1 aromatic carbocycles. The van der Waals surface area contributed by atoms with Crippen LogP contribution < -0.4 is 15.0 Å². The maximum Gasteiger partial charge on any atom is 0.244 e. The minimum atomic E-state index is -0.533. The zero-order chi connectivity index (χ0) is 20.6. The molecule has 7 heteroatoms. The number of methoxy groups -OCH3 is 1. The lowest BCUT2D eigenvalue weighted by Gasteiger charge is -2.36. The van der Waals surface area contributed by atoms with Crippen molar-refractivity contribution in [3.8, 4) is 5.75 Å². The standard InChI is InChI=1S/C22H28N4O3/c1-17(24-21(27)10-9-18-6-5-7-19(16-18)29-2)22(28)26-14-12-25(13-15-26)20-8-3-4-11-23-20/h3-8,11,16-17H,9-10,12-15H2,1-2H3,(H,24,27)/t17-/m0/s1. The summed E-state index contributed by atoms with van der Waals surface area (Å²) in [7, 11) is 1.62. The van der Waals surface area contributed by atoms with E-state index in [1.807, 2.05) is 47.4 Å². The zero-order valence-corrected chi connectivity index (χ0v) is 17.0. The van der Waals surface area contributed by atoms with Gasteiger partial charge in [-0.25, -0.2) is 4.98 Å². The molecule has 1 aliphatic rings. The third-order valence-electron chi connectivity index (χ3n) is 5.09. The summed E-state index contributed by atoms with van der Waals surface area (Å²) in [5.41, 5.74) is 1.03. The number of nitrogens with one attached hydrogen (secondary N) is 1. The Morgan fingerprint density at radius 2 is 1.93 bits per heavy atom. The van der Waals surface area contributed by atoms with Crippen molar-refractivity contribution in [3.05, 3.63) is 54.2 Å². The predicted octanol–water partition coefficient (Wildman–Crippen LogP) is 1.88. The number of rotatable bonds is 7. The molecule has 7 nitrogen and oxygen atoms in total. The van der Waals surface area contributed by atoms with Gasteiger partial charge in [0.1, 0.15) is 17.6 Å². The molecule has 2 heterocycles. The van der Waals surface area contributed by atoms with Gasteiger partial charge in [0.15, 0.2) is 0 Å². The van der Waals surface area contributed by atoms with Gasteiger partial charge in [0.2, 0.25) is 11.8 Å². The van der Waals surface area contributed by atoms with Gasteiger partial charge >= 0.3 is 0 Å². The summed E-state index contributed by atoms with van der Waals surface area (Å²) in [5.74, 6) is 1.54. The first-order valence-electron chi connectivity index (χ1n) is 9.94. The molecule has 2 amide bonds. The number of aryl methyl sites for hydroxylation is 1. The summed E-state index contributed by atoms with van der Waals surface area (Å²) in [6.45, 7) is 4.47. The van der Waals surface area contributed by atoms with E-state index in [0.29, 0.717) is 25.9 Å². The van der Waals surface area contributed by atoms with Crippen LogP contribution in [0.4, 0.5) is 5.82 Å². The van der Waals surface area contributed by atoms with Crippen molar-refractivity contribution >= 4 is 17.6 Å². The molecule has 3 rings (SSSR count). The molecule has 0 aliphatic carbocycles. The molecular formula is C22H28N4O3. The fraction of sp³-hybridized carbons (Fsp3) is 0.409. The first kappa shape index (κ1) is 20.6. The van der Waals surface area contributed by atoms with Crippen LogP contribution in [0.2, 0.25) is 0 Å². The van der Waals surface area contributed by atoms with Crippen molar-refractivity contribution in [1.82, 2.24) is 15.2 Å². The van der Waals surface area contributed by atoms with Gasteiger partial charge in [0, 0.05) is 38.8 Å². The van der Waals surface area contributed by atoms with Gasteiger partial charge in [0.25, 0.3) is 0 Å². The largest absolute Gasteiger partial charge is 0.497 e. The predicted molar refractivity (Wildman–Crippen MR) is 112 cm³/mol. The van der Waals surface area contributed by atoms with E-state index in [4.69, 9.17) is 4.74 Å². The Hall–Kier alpha value is -3.09. The van der Waals surface area contributed by atoms with Crippen LogP contribution in [0, 0.1) is 0 Å². The number of nitrogens with zero attached hydrogens (tertiary/aromatic N) is 3. The summed E-state index contributed by atoms with van der Waals surface area (Å²) in [6.07, 6.45) is 2.71. The van der Waals surface area contributed by atoms with Gasteiger partial charge in [-0.1, -0.05) is 18.2 Å². The molecule has 29 heavy (non-hydrogen) atoms. The second-order valence-electron chi connectivity index (χ2n) is 7.14. The molecule has 0 spiro atoms. The van der Waals surface area contributed by atoms with E-state index in [1.54, 1.807) is 20.2 Å². The quantitative estimate of drug-likeness (QED) is 0.774. The van der Waals surface area contributed by atoms with Gasteiger partial charge in [-0.05, 0) is 43.2 Å². The smallest absolute Gasteiger partial charge is 0.244 e. The van der Waals surface area contributed by atoms with Crippen molar-refractivity contribution in [1.29, 1.82) is 0 Å². The zero-order valence-electron chi connectivity index (χ0n) is 17.0. The maximum atomic E-state index is 12.7. The monoisotopic (exact) mass is 396 g/mol. The molecule has 0 bridgehead atoms. The number of aromatic nitrogens is 1. The molecule has 0 radical (unpaired) electrons. The van der Waals surface area contributed by atoms with Crippen LogP contribution >= 0.6 is 0 Å². The van der Waals surface area contributed by atoms with E-state index in [-0.39, 0.29) is 11.8 Å². The van der Waals surface area contributed by atoms with Crippen LogP contribution in [0.1, 0.15) is 18.9 Å². The number of hydrogen-bond donors (Lipinski definition) is 1. The normalized spacial score (nSPS) is 15.0. The van der Waals surface area contributed by atoms with Crippen LogP contribution in [-0.2, 0) is 16.0 Å². The molecule has 1 aliphatic heterocycles. The fourth-order valence-electron chi connectivity index (χ4n) is 3.43. The number of carbonyl (C=O) groups is 2. The van der Waals surface area contributed by atoms with Crippen molar-refractivity contribution in [2.45, 2.75) is 25.8 Å². The lowest BCUT2D eigenvalue weighted by molar-refractivity contribution is -0.136. The second kappa shape index (κ2) is 9.91. The van der Waals surface area contributed by atoms with Crippen molar-refractivity contribution in [2.24, 2.45) is 0 Å². The van der Waals surface area contributed by atoms with Crippen molar-refractivity contribution in [2.75, 3.05) is 38.2 Å². The van der Waals surface area contributed by atoms with Crippen LogP contribution in [0.3, 0.4) is 0 Å². The van der Waals surface area contributed by atoms with E-state index in [9.17, 15) is 9.59 Å². The van der Waals surface area contributed by atoms with Crippen molar-refractivity contribution in [3.63, 3.8) is 0 Å². The molecule has 154 valence electrons. The first-order valence-corrected chi connectivity index (χ1v) is 9.94. The number of ether oxygens (including phenoxy) is 1. The van der Waals surface area contributed by atoms with E-state index >= 15 is 0 Å². The third-order valence-corrected chi connectivity index (χ3v) is 5.09. The van der Waals surface area contributed by atoms with Crippen LogP contribution in [0.5, 0.6) is 5.75 Å². The van der Waals surface area contributed by atoms with Gasteiger partial charge in [0.05, 0.1) is 7.11 Å². The molecule has 0 unspecified atom stereocenters. The Balaban J connectivity index is 1.43. The van der Waals surface area contributed by atoms with Gasteiger partial charge in [-0.15, -0.1) is 0 Å². The second-order valence-corrected chi connectivity index (χ2v) is 7.14. The fourth-order valence-corrected chi connectivity index (χ4v) is 3.43. The summed E-state index contributed by atoms with van der Waals surface area (Å²) in [5, 5.41) is 2.83. The molecule has 2 aromatic rings. The van der Waals surface area contributed by atoms with Gasteiger partial charge in [-0.3, -0.25) is 9.59 Å². The summed E-state index contributed by atoms with van der Waals surface area (Å²) < 4.78 is 5.20. The number of benzene rings is 1.